The molecule has 0 aromatic heterocycles. The molecule has 0 aliphatic heterocycles. The van der Waals surface area contributed by atoms with E-state index in [2.05, 4.69) is 5.32 Å². The Hall–Kier alpha value is -1.76. The van der Waals surface area contributed by atoms with Crippen molar-refractivity contribution in [3.8, 4) is 5.75 Å². The summed E-state index contributed by atoms with van der Waals surface area (Å²) in [4.78, 5) is 12.9. The van der Waals surface area contributed by atoms with Gasteiger partial charge in [-0.15, -0.1) is 0 Å². The quantitative estimate of drug-likeness (QED) is 0.837. The average molecular weight is 304 g/mol. The molecule has 0 spiro atoms. The number of carbonyl (C=O) groups excluding carboxylic acids is 1. The van der Waals surface area contributed by atoms with E-state index in [0.717, 1.165) is 11.3 Å². The van der Waals surface area contributed by atoms with Crippen molar-refractivity contribution in [3.05, 3.63) is 29.8 Å². The minimum absolute atomic E-state index is 0.284. The number of amides is 1. The van der Waals surface area contributed by atoms with Gasteiger partial charge in [0.25, 0.3) is 0 Å². The highest BCUT2D eigenvalue weighted by Gasteiger charge is 2.26. The van der Waals surface area contributed by atoms with Gasteiger partial charge in [-0.05, 0) is 18.6 Å². The van der Waals surface area contributed by atoms with Crippen LogP contribution in [-0.2, 0) is 4.79 Å². The van der Waals surface area contributed by atoms with Crippen LogP contribution in [0.3, 0.4) is 0 Å². The van der Waals surface area contributed by atoms with Gasteiger partial charge in [-0.1, -0.05) is 18.2 Å². The van der Waals surface area contributed by atoms with Crippen molar-refractivity contribution in [1.82, 2.24) is 10.2 Å². The monoisotopic (exact) mass is 304 g/mol. The first-order valence-electron chi connectivity index (χ1n) is 6.49. The number of ether oxygens (including phenoxy) is 1. The first kappa shape index (κ1) is 17.3. The van der Waals surface area contributed by atoms with Crippen molar-refractivity contribution < 1.29 is 22.7 Å². The Labute approximate surface area is 121 Å². The van der Waals surface area contributed by atoms with Crippen molar-refractivity contribution >= 4 is 5.91 Å². The highest BCUT2D eigenvalue weighted by Crippen LogP contribution is 2.15. The van der Waals surface area contributed by atoms with Crippen LogP contribution in [-0.4, -0.2) is 50.3 Å². The lowest BCUT2D eigenvalue weighted by atomic mass is 10.2. The number of nitrogens with one attached hydrogen (secondary N) is 1. The Morgan fingerprint density at radius 1 is 1.33 bits per heavy atom. The molecule has 21 heavy (non-hydrogen) atoms. The lowest BCUT2D eigenvalue weighted by Gasteiger charge is -2.18. The van der Waals surface area contributed by atoms with Crippen LogP contribution in [0.15, 0.2) is 24.3 Å². The predicted octanol–water partition coefficient (Wildman–Crippen LogP) is 1.98. The summed E-state index contributed by atoms with van der Waals surface area (Å²) in [5, 5.41) is 2.07. The number of likely N-dealkylation sites (N-methyl/N-ethyl adjacent to an activating group) is 1. The van der Waals surface area contributed by atoms with E-state index in [4.69, 9.17) is 4.74 Å². The molecule has 0 radical (unpaired) electrons. The number of aryl methyl sites for hydroxylation is 1. The molecule has 0 aliphatic carbocycles. The van der Waals surface area contributed by atoms with Gasteiger partial charge >= 0.3 is 6.18 Å². The van der Waals surface area contributed by atoms with Gasteiger partial charge in [0.2, 0.25) is 5.91 Å². The van der Waals surface area contributed by atoms with Gasteiger partial charge in [-0.2, -0.15) is 13.2 Å². The van der Waals surface area contributed by atoms with E-state index >= 15 is 0 Å². The molecule has 0 fully saturated rings. The molecule has 0 aliphatic rings. The Morgan fingerprint density at radius 2 is 2.00 bits per heavy atom. The van der Waals surface area contributed by atoms with Gasteiger partial charge in [-0.3, -0.25) is 4.79 Å². The summed E-state index contributed by atoms with van der Waals surface area (Å²) in [6, 6.07) is 7.47. The van der Waals surface area contributed by atoms with Crippen molar-refractivity contribution in [2.24, 2.45) is 0 Å². The van der Waals surface area contributed by atoms with Crippen LogP contribution >= 0.6 is 0 Å². The largest absolute Gasteiger partial charge is 0.491 e. The standard InChI is InChI=1S/C14H19F3N2O2/c1-11-5-3-4-6-12(11)21-8-7-19(2)13(20)9-18-10-14(15,16)17/h3-6,18H,7-10H2,1-2H3. The average Bonchev–Trinajstić information content (AvgIpc) is 2.39. The first-order valence-corrected chi connectivity index (χ1v) is 6.49. The Morgan fingerprint density at radius 3 is 2.62 bits per heavy atom. The summed E-state index contributed by atoms with van der Waals surface area (Å²) < 4.78 is 41.3. The number of alkyl halides is 3. The van der Waals surface area contributed by atoms with Gasteiger partial charge in [0.1, 0.15) is 12.4 Å². The van der Waals surface area contributed by atoms with Crippen molar-refractivity contribution in [2.45, 2.75) is 13.1 Å². The minimum atomic E-state index is -4.31. The second-order valence-electron chi connectivity index (χ2n) is 4.65. The fourth-order valence-electron chi connectivity index (χ4n) is 1.58. The molecule has 0 saturated heterocycles. The molecule has 1 rings (SSSR count). The third kappa shape index (κ3) is 6.99. The van der Waals surface area contributed by atoms with Crippen molar-refractivity contribution in [3.63, 3.8) is 0 Å². The molecule has 4 nitrogen and oxygen atoms in total. The molecule has 0 atom stereocenters. The normalized spacial score (nSPS) is 11.3. The molecule has 1 N–H and O–H groups in total. The van der Waals surface area contributed by atoms with Crippen molar-refractivity contribution in [2.75, 3.05) is 33.3 Å². The molecule has 0 heterocycles. The molecule has 7 heteroatoms. The molecular weight excluding hydrogens is 285 g/mol. The number of benzene rings is 1. The summed E-state index contributed by atoms with van der Waals surface area (Å²) in [6.45, 7) is 0.977. The molecule has 0 saturated carbocycles. The zero-order valence-corrected chi connectivity index (χ0v) is 12.0. The van der Waals surface area contributed by atoms with Gasteiger partial charge in [0.15, 0.2) is 0 Å². The molecular formula is C14H19F3N2O2. The van der Waals surface area contributed by atoms with Crippen LogP contribution in [0.4, 0.5) is 13.2 Å². The number of carbonyl (C=O) groups is 1. The minimum Gasteiger partial charge on any atom is -0.491 e. The molecule has 1 aromatic carbocycles. The number of para-hydroxylation sites is 1. The lowest BCUT2D eigenvalue weighted by Crippen LogP contribution is -2.40. The van der Waals surface area contributed by atoms with E-state index in [1.807, 2.05) is 31.2 Å². The zero-order chi connectivity index (χ0) is 15.9. The van der Waals surface area contributed by atoms with E-state index in [0.29, 0.717) is 6.54 Å². The second kappa shape index (κ2) is 7.87. The zero-order valence-electron chi connectivity index (χ0n) is 12.0. The molecule has 0 bridgehead atoms. The highest BCUT2D eigenvalue weighted by atomic mass is 19.4. The molecule has 1 amide bonds. The van der Waals surface area contributed by atoms with Crippen LogP contribution in [0.2, 0.25) is 0 Å². The molecule has 118 valence electrons. The Bertz CT molecular complexity index is 464. The Balaban J connectivity index is 2.25. The van der Waals surface area contributed by atoms with Gasteiger partial charge in [0, 0.05) is 7.05 Å². The third-order valence-electron chi connectivity index (χ3n) is 2.81. The third-order valence-corrected chi connectivity index (χ3v) is 2.81. The fraction of sp³-hybridized carbons (Fsp3) is 0.500. The summed E-state index contributed by atoms with van der Waals surface area (Å²) in [5.41, 5.74) is 0.985. The molecule has 0 unspecified atom stereocenters. The topological polar surface area (TPSA) is 41.6 Å². The number of hydrogen-bond donors (Lipinski definition) is 1. The summed E-state index contributed by atoms with van der Waals surface area (Å²) in [5.74, 6) is 0.321. The number of hydrogen-bond acceptors (Lipinski definition) is 3. The van der Waals surface area contributed by atoms with E-state index in [9.17, 15) is 18.0 Å². The van der Waals surface area contributed by atoms with Crippen LogP contribution < -0.4 is 10.1 Å². The van der Waals surface area contributed by atoms with Crippen molar-refractivity contribution in [1.29, 1.82) is 0 Å². The summed E-state index contributed by atoms with van der Waals surface area (Å²) >= 11 is 0. The van der Waals surface area contributed by atoms with Crippen LogP contribution in [0.1, 0.15) is 5.56 Å². The second-order valence-corrected chi connectivity index (χ2v) is 4.65. The van der Waals surface area contributed by atoms with E-state index in [-0.39, 0.29) is 13.2 Å². The Kier molecular flexibility index (Phi) is 6.48. The van der Waals surface area contributed by atoms with E-state index < -0.39 is 18.6 Å². The molecule has 1 aromatic rings. The van der Waals surface area contributed by atoms with Gasteiger partial charge < -0.3 is 15.0 Å². The first-order chi connectivity index (χ1) is 9.79. The maximum Gasteiger partial charge on any atom is 0.401 e. The van der Waals surface area contributed by atoms with Crippen LogP contribution in [0, 0.1) is 6.92 Å². The maximum absolute atomic E-state index is 11.9. The summed E-state index contributed by atoms with van der Waals surface area (Å²) in [6.07, 6.45) is -4.31. The smallest absolute Gasteiger partial charge is 0.401 e. The van der Waals surface area contributed by atoms with Crippen LogP contribution in [0.25, 0.3) is 0 Å². The number of halogens is 3. The lowest BCUT2D eigenvalue weighted by molar-refractivity contribution is -0.133. The fourth-order valence-corrected chi connectivity index (χ4v) is 1.58. The maximum atomic E-state index is 11.9. The number of nitrogens with zero attached hydrogens (tertiary/aromatic N) is 1. The van der Waals surface area contributed by atoms with Gasteiger partial charge in [-0.25, -0.2) is 0 Å². The summed E-state index contributed by atoms with van der Waals surface area (Å²) in [7, 11) is 1.53. The predicted molar refractivity (Wildman–Crippen MR) is 73.2 cm³/mol. The SMILES string of the molecule is Cc1ccccc1OCCN(C)C(=O)CNCC(F)(F)F. The number of rotatable bonds is 7. The van der Waals surface area contributed by atoms with E-state index in [1.165, 1.54) is 11.9 Å². The van der Waals surface area contributed by atoms with E-state index in [1.54, 1.807) is 0 Å². The van der Waals surface area contributed by atoms with Gasteiger partial charge in [0.05, 0.1) is 19.6 Å². The van der Waals surface area contributed by atoms with Crippen LogP contribution in [0.5, 0.6) is 5.75 Å². The highest BCUT2D eigenvalue weighted by molar-refractivity contribution is 5.77.